The summed E-state index contributed by atoms with van der Waals surface area (Å²) in [7, 11) is 1.58. The molecule has 25 heavy (non-hydrogen) atoms. The van der Waals surface area contributed by atoms with E-state index in [1.54, 1.807) is 7.11 Å². The van der Waals surface area contributed by atoms with Crippen LogP contribution in [-0.2, 0) is 0 Å². The van der Waals surface area contributed by atoms with E-state index < -0.39 is 12.8 Å². The number of halogens is 3. The molecule has 0 radical (unpaired) electrons. The van der Waals surface area contributed by atoms with E-state index in [9.17, 15) is 13.2 Å². The molecule has 0 amide bonds. The normalized spacial score (nSPS) is 11.7. The fraction of sp³-hybridized carbons (Fsp3) is 0.250. The zero-order valence-corrected chi connectivity index (χ0v) is 14.2. The molecule has 0 aliphatic carbocycles. The van der Waals surface area contributed by atoms with Gasteiger partial charge >= 0.3 is 6.18 Å². The monoisotopic (exact) mass is 369 g/mol. The first-order chi connectivity index (χ1) is 11.9. The highest BCUT2D eigenvalue weighted by atomic mass is 32.2. The minimum atomic E-state index is -4.40. The second-order valence-electron chi connectivity index (χ2n) is 5.06. The molecule has 2 heterocycles. The van der Waals surface area contributed by atoms with E-state index in [1.807, 2.05) is 18.4 Å². The number of H-pyrrole nitrogens is 1. The molecule has 3 aromatic rings. The maximum atomic E-state index is 12.3. The third kappa shape index (κ3) is 3.81. The molecule has 0 bridgehead atoms. The number of fused-ring (bicyclic) bond motifs is 1. The van der Waals surface area contributed by atoms with Crippen molar-refractivity contribution in [1.29, 1.82) is 0 Å². The maximum Gasteiger partial charge on any atom is 0.422 e. The first-order valence-electron chi connectivity index (χ1n) is 7.18. The van der Waals surface area contributed by atoms with Gasteiger partial charge in [0.25, 0.3) is 0 Å². The van der Waals surface area contributed by atoms with Gasteiger partial charge in [-0.3, -0.25) is 4.98 Å². The molecular formula is C16H14F3N3O2S. The number of pyridine rings is 1. The smallest absolute Gasteiger partial charge is 0.422 e. The van der Waals surface area contributed by atoms with Gasteiger partial charge in [0.2, 0.25) is 0 Å². The topological polar surface area (TPSA) is 60.0 Å². The quantitative estimate of drug-likeness (QED) is 0.680. The predicted molar refractivity (Wildman–Crippen MR) is 89.2 cm³/mol. The summed E-state index contributed by atoms with van der Waals surface area (Å²) in [5.41, 5.74) is 1.88. The molecule has 2 aromatic heterocycles. The van der Waals surface area contributed by atoms with E-state index in [1.165, 1.54) is 30.1 Å². The lowest BCUT2D eigenvalue weighted by Gasteiger charge is -2.09. The van der Waals surface area contributed by atoms with Gasteiger partial charge in [-0.15, -0.1) is 11.8 Å². The van der Waals surface area contributed by atoms with Gasteiger partial charge in [0, 0.05) is 12.3 Å². The first kappa shape index (κ1) is 17.4. The fourth-order valence-electron chi connectivity index (χ4n) is 2.31. The molecule has 0 spiro atoms. The van der Waals surface area contributed by atoms with Crippen LogP contribution in [0.1, 0.15) is 0 Å². The minimum Gasteiger partial charge on any atom is -0.496 e. The van der Waals surface area contributed by atoms with Crippen LogP contribution in [0.2, 0.25) is 0 Å². The Morgan fingerprint density at radius 3 is 2.72 bits per heavy atom. The van der Waals surface area contributed by atoms with Crippen LogP contribution in [-0.4, -0.2) is 41.1 Å². The van der Waals surface area contributed by atoms with Gasteiger partial charge in [-0.25, -0.2) is 4.98 Å². The molecule has 0 atom stereocenters. The third-order valence-electron chi connectivity index (χ3n) is 3.37. The van der Waals surface area contributed by atoms with Crippen LogP contribution in [0.15, 0.2) is 35.4 Å². The lowest BCUT2D eigenvalue weighted by molar-refractivity contribution is -0.153. The van der Waals surface area contributed by atoms with Gasteiger partial charge in [-0.05, 0) is 24.5 Å². The summed E-state index contributed by atoms with van der Waals surface area (Å²) >= 11 is 1.49. The van der Waals surface area contributed by atoms with Crippen LogP contribution in [0.25, 0.3) is 22.6 Å². The Morgan fingerprint density at radius 1 is 1.24 bits per heavy atom. The standard InChI is InChI=1S/C16H14F3N3O2S/c1-23-12-4-3-10-13(14(12)25-2)22-15(21-10)11-7-9(5-6-20-11)24-8-16(17,18)19/h3-7H,8H2,1-2H3,(H,21,22). The van der Waals surface area contributed by atoms with Crippen molar-refractivity contribution < 1.29 is 22.6 Å². The molecule has 0 aliphatic heterocycles. The number of thioether (sulfide) groups is 1. The van der Waals surface area contributed by atoms with Crippen LogP contribution in [0.4, 0.5) is 13.2 Å². The number of nitrogens with one attached hydrogen (secondary N) is 1. The predicted octanol–water partition coefficient (Wildman–Crippen LogP) is 4.30. The molecular weight excluding hydrogens is 355 g/mol. The van der Waals surface area contributed by atoms with Crippen molar-refractivity contribution in [1.82, 2.24) is 15.0 Å². The fourth-order valence-corrected chi connectivity index (χ4v) is 3.01. The van der Waals surface area contributed by atoms with Crippen LogP contribution in [0, 0.1) is 0 Å². The molecule has 132 valence electrons. The summed E-state index contributed by atoms with van der Waals surface area (Å²) < 4.78 is 46.9. The molecule has 0 unspecified atom stereocenters. The van der Waals surface area contributed by atoms with E-state index in [2.05, 4.69) is 15.0 Å². The summed E-state index contributed by atoms with van der Waals surface area (Å²) in [4.78, 5) is 12.7. The summed E-state index contributed by atoms with van der Waals surface area (Å²) in [5.74, 6) is 1.22. The Balaban J connectivity index is 1.97. The van der Waals surface area contributed by atoms with Crippen molar-refractivity contribution in [3.05, 3.63) is 30.5 Å². The van der Waals surface area contributed by atoms with Gasteiger partial charge in [0.05, 0.1) is 17.5 Å². The van der Waals surface area contributed by atoms with Crippen LogP contribution < -0.4 is 9.47 Å². The number of hydrogen-bond donors (Lipinski definition) is 1. The molecule has 1 aromatic carbocycles. The van der Waals surface area contributed by atoms with E-state index in [4.69, 9.17) is 9.47 Å². The van der Waals surface area contributed by atoms with E-state index in [-0.39, 0.29) is 5.75 Å². The molecule has 9 heteroatoms. The Hall–Kier alpha value is -2.42. The summed E-state index contributed by atoms with van der Waals surface area (Å²) in [6.45, 7) is -1.36. The van der Waals surface area contributed by atoms with Crippen molar-refractivity contribution in [2.24, 2.45) is 0 Å². The number of rotatable bonds is 5. The number of alkyl halides is 3. The van der Waals surface area contributed by atoms with Crippen LogP contribution >= 0.6 is 11.8 Å². The van der Waals surface area contributed by atoms with E-state index in [0.717, 1.165) is 10.4 Å². The Morgan fingerprint density at radius 2 is 2.04 bits per heavy atom. The zero-order chi connectivity index (χ0) is 18.0. The molecule has 3 rings (SSSR count). The van der Waals surface area contributed by atoms with Crippen LogP contribution in [0.5, 0.6) is 11.5 Å². The van der Waals surface area contributed by atoms with E-state index >= 15 is 0 Å². The van der Waals surface area contributed by atoms with Crippen molar-refractivity contribution >= 4 is 22.8 Å². The molecule has 0 saturated carbocycles. The summed E-state index contributed by atoms with van der Waals surface area (Å²) in [5, 5.41) is 0. The Bertz CT molecular complexity index is 896. The Kier molecular flexibility index (Phi) is 4.76. The third-order valence-corrected chi connectivity index (χ3v) is 4.18. The van der Waals surface area contributed by atoms with Gasteiger partial charge in [-0.1, -0.05) is 0 Å². The minimum absolute atomic E-state index is 0.0745. The van der Waals surface area contributed by atoms with E-state index in [0.29, 0.717) is 22.8 Å². The number of hydrogen-bond acceptors (Lipinski definition) is 5. The van der Waals surface area contributed by atoms with Gasteiger partial charge in [-0.2, -0.15) is 13.2 Å². The average Bonchev–Trinajstić information content (AvgIpc) is 3.03. The highest BCUT2D eigenvalue weighted by Gasteiger charge is 2.28. The zero-order valence-electron chi connectivity index (χ0n) is 13.3. The van der Waals surface area contributed by atoms with Crippen molar-refractivity contribution in [3.63, 3.8) is 0 Å². The van der Waals surface area contributed by atoms with Gasteiger partial charge in [0.15, 0.2) is 12.4 Å². The van der Waals surface area contributed by atoms with Crippen molar-refractivity contribution in [2.45, 2.75) is 11.1 Å². The molecule has 1 N–H and O–H groups in total. The number of ether oxygens (including phenoxy) is 2. The van der Waals surface area contributed by atoms with Gasteiger partial charge in [0.1, 0.15) is 22.7 Å². The second-order valence-corrected chi connectivity index (χ2v) is 5.88. The Labute approximate surface area is 145 Å². The largest absolute Gasteiger partial charge is 0.496 e. The second kappa shape index (κ2) is 6.83. The molecule has 0 aliphatic rings. The average molecular weight is 369 g/mol. The van der Waals surface area contributed by atoms with Crippen LogP contribution in [0.3, 0.4) is 0 Å². The lowest BCUT2D eigenvalue weighted by Crippen LogP contribution is -2.19. The highest BCUT2D eigenvalue weighted by Crippen LogP contribution is 2.35. The first-order valence-corrected chi connectivity index (χ1v) is 8.40. The number of aromatic nitrogens is 3. The SMILES string of the molecule is COc1ccc2[nH]c(-c3cc(OCC(F)(F)F)ccn3)nc2c1SC. The highest BCUT2D eigenvalue weighted by molar-refractivity contribution is 7.99. The van der Waals surface area contributed by atoms with Gasteiger partial charge < -0.3 is 14.5 Å². The summed E-state index contributed by atoms with van der Waals surface area (Å²) in [6.07, 6.45) is -1.10. The molecule has 0 saturated heterocycles. The number of nitrogens with zero attached hydrogens (tertiary/aromatic N) is 2. The van der Waals surface area contributed by atoms with Crippen molar-refractivity contribution in [3.8, 4) is 23.0 Å². The maximum absolute atomic E-state index is 12.3. The number of methoxy groups -OCH3 is 1. The number of benzene rings is 1. The number of imidazole rings is 1. The molecule has 5 nitrogen and oxygen atoms in total. The summed E-state index contributed by atoms with van der Waals surface area (Å²) in [6, 6.07) is 6.44. The lowest BCUT2D eigenvalue weighted by atomic mass is 10.3. The molecule has 0 fully saturated rings. The van der Waals surface area contributed by atoms with Crippen molar-refractivity contribution in [2.75, 3.05) is 20.0 Å². The number of aromatic amines is 1.